The molecule has 0 spiro atoms. The first kappa shape index (κ1) is 18.8. The molecule has 0 saturated heterocycles. The third-order valence-electron chi connectivity index (χ3n) is 4.46. The van der Waals surface area contributed by atoms with Crippen LogP contribution < -0.4 is 10.8 Å². The number of hydrogen-bond acceptors (Lipinski definition) is 4. The average molecular weight is 365 g/mol. The maximum atomic E-state index is 11.2. The molecule has 3 rings (SSSR count). The van der Waals surface area contributed by atoms with Crippen LogP contribution >= 0.6 is 0 Å². The molecular weight excluding hydrogens is 342 g/mol. The normalized spacial score (nSPS) is 11.3. The van der Waals surface area contributed by atoms with Crippen molar-refractivity contribution in [3.63, 3.8) is 0 Å². The molecule has 4 N–H and O–H groups in total. The van der Waals surface area contributed by atoms with Crippen LogP contribution in [0.15, 0.2) is 54.6 Å². The molecule has 0 aliphatic heterocycles. The van der Waals surface area contributed by atoms with Gasteiger partial charge in [-0.25, -0.2) is 5.26 Å². The molecule has 1 amide bonds. The molecule has 0 fully saturated rings. The van der Waals surface area contributed by atoms with Gasteiger partial charge in [0, 0.05) is 29.2 Å². The molecule has 0 saturated carbocycles. The molecule has 140 valence electrons. The highest BCUT2D eigenvalue weighted by Crippen LogP contribution is 2.21. The second kappa shape index (κ2) is 9.14. The van der Waals surface area contributed by atoms with Crippen molar-refractivity contribution in [3.8, 4) is 0 Å². The van der Waals surface area contributed by atoms with Crippen molar-refractivity contribution < 1.29 is 15.0 Å². The van der Waals surface area contributed by atoms with Crippen LogP contribution in [0.2, 0.25) is 0 Å². The minimum atomic E-state index is -0.532. The number of hydrogen-bond donors (Lipinski definition) is 4. The van der Waals surface area contributed by atoms with E-state index in [0.29, 0.717) is 0 Å². The molecule has 0 radical (unpaired) electrons. The van der Waals surface area contributed by atoms with Gasteiger partial charge in [-0.3, -0.25) is 4.79 Å². The largest absolute Gasteiger partial charge is 0.358 e. The first-order chi connectivity index (χ1) is 13.2. The van der Waals surface area contributed by atoms with Crippen LogP contribution in [0.1, 0.15) is 22.4 Å². The standard InChI is InChI=1S/C21H23N3O3/c1-15-18(19-4-2-3-5-20(19)23-15)12-13-22-14-17-8-6-16(7-9-17)10-11-21(25)24-27-26/h2-11,22-23,26H,12-14H2,1H3,(H,24,25)/b11-10+. The fourth-order valence-electron chi connectivity index (χ4n) is 3.10. The monoisotopic (exact) mass is 365 g/mol. The van der Waals surface area contributed by atoms with Crippen LogP contribution in [0.25, 0.3) is 17.0 Å². The molecule has 6 nitrogen and oxygen atoms in total. The fraction of sp³-hybridized carbons (Fsp3) is 0.190. The van der Waals surface area contributed by atoms with Crippen LogP contribution in [0.5, 0.6) is 0 Å². The topological polar surface area (TPSA) is 86.4 Å². The number of rotatable bonds is 8. The van der Waals surface area contributed by atoms with E-state index in [1.807, 2.05) is 30.3 Å². The van der Waals surface area contributed by atoms with Crippen LogP contribution in [0, 0.1) is 6.92 Å². The molecule has 0 bridgehead atoms. The smallest absolute Gasteiger partial charge is 0.269 e. The van der Waals surface area contributed by atoms with Crippen LogP contribution in [-0.4, -0.2) is 22.7 Å². The molecule has 0 aliphatic carbocycles. The van der Waals surface area contributed by atoms with Crippen molar-refractivity contribution in [1.82, 2.24) is 15.8 Å². The molecule has 0 aliphatic rings. The van der Waals surface area contributed by atoms with Gasteiger partial charge in [-0.1, -0.05) is 42.5 Å². The van der Waals surface area contributed by atoms with Crippen molar-refractivity contribution in [2.45, 2.75) is 19.9 Å². The minimum Gasteiger partial charge on any atom is -0.358 e. The Bertz CT molecular complexity index is 929. The fourth-order valence-corrected chi connectivity index (χ4v) is 3.10. The maximum absolute atomic E-state index is 11.2. The first-order valence-corrected chi connectivity index (χ1v) is 8.81. The van der Waals surface area contributed by atoms with E-state index in [1.165, 1.54) is 33.8 Å². The summed E-state index contributed by atoms with van der Waals surface area (Å²) in [6.45, 7) is 3.80. The van der Waals surface area contributed by atoms with E-state index in [4.69, 9.17) is 5.26 Å². The van der Waals surface area contributed by atoms with Crippen molar-refractivity contribution in [2.24, 2.45) is 0 Å². The van der Waals surface area contributed by atoms with Gasteiger partial charge in [0.15, 0.2) is 0 Å². The number of H-pyrrole nitrogens is 1. The highest BCUT2D eigenvalue weighted by atomic mass is 17.2. The highest BCUT2D eigenvalue weighted by molar-refractivity contribution is 5.90. The van der Waals surface area contributed by atoms with Gasteiger partial charge >= 0.3 is 0 Å². The minimum absolute atomic E-state index is 0.532. The zero-order valence-corrected chi connectivity index (χ0v) is 15.2. The molecular formula is C21H23N3O3. The van der Waals surface area contributed by atoms with Gasteiger partial charge in [0.1, 0.15) is 0 Å². The Morgan fingerprint density at radius 3 is 2.74 bits per heavy atom. The van der Waals surface area contributed by atoms with Crippen molar-refractivity contribution >= 4 is 22.9 Å². The van der Waals surface area contributed by atoms with Crippen molar-refractivity contribution in [2.75, 3.05) is 6.54 Å². The van der Waals surface area contributed by atoms with Gasteiger partial charge in [-0.2, -0.15) is 5.48 Å². The summed E-state index contributed by atoms with van der Waals surface area (Å²) in [5.41, 5.74) is 7.65. The summed E-state index contributed by atoms with van der Waals surface area (Å²) in [6, 6.07) is 16.3. The van der Waals surface area contributed by atoms with Crippen LogP contribution in [0.3, 0.4) is 0 Å². The van der Waals surface area contributed by atoms with Crippen LogP contribution in [0.4, 0.5) is 0 Å². The molecule has 0 atom stereocenters. The second-order valence-corrected chi connectivity index (χ2v) is 6.33. The summed E-state index contributed by atoms with van der Waals surface area (Å²) in [6.07, 6.45) is 3.90. The zero-order valence-electron chi connectivity index (χ0n) is 15.2. The third kappa shape index (κ3) is 5.04. The summed E-state index contributed by atoms with van der Waals surface area (Å²) >= 11 is 0. The summed E-state index contributed by atoms with van der Waals surface area (Å²) < 4.78 is 0. The SMILES string of the molecule is Cc1[nH]c2ccccc2c1CCNCc1ccc(/C=C/C(=O)NOO)cc1. The molecule has 6 heteroatoms. The molecule has 1 heterocycles. The molecule has 1 aromatic heterocycles. The van der Waals surface area contributed by atoms with E-state index < -0.39 is 5.91 Å². The number of carbonyl (C=O) groups is 1. The number of carbonyl (C=O) groups excluding carboxylic acids is 1. The van der Waals surface area contributed by atoms with Crippen molar-refractivity contribution in [3.05, 3.63) is 77.0 Å². The van der Waals surface area contributed by atoms with Gasteiger partial charge in [-0.15, -0.1) is 4.99 Å². The number of benzene rings is 2. The van der Waals surface area contributed by atoms with E-state index >= 15 is 0 Å². The maximum Gasteiger partial charge on any atom is 0.269 e. The quantitative estimate of drug-likeness (QED) is 0.213. The number of aryl methyl sites for hydroxylation is 1. The number of aromatic nitrogens is 1. The van der Waals surface area contributed by atoms with E-state index in [2.05, 4.69) is 40.4 Å². The summed E-state index contributed by atoms with van der Waals surface area (Å²) in [7, 11) is 0. The predicted molar refractivity (Wildman–Crippen MR) is 106 cm³/mol. The van der Waals surface area contributed by atoms with E-state index in [1.54, 1.807) is 11.6 Å². The van der Waals surface area contributed by atoms with E-state index in [-0.39, 0.29) is 0 Å². The zero-order chi connectivity index (χ0) is 19.1. The van der Waals surface area contributed by atoms with Gasteiger partial charge in [0.25, 0.3) is 5.91 Å². The van der Waals surface area contributed by atoms with Gasteiger partial charge in [-0.05, 0) is 48.7 Å². The first-order valence-electron chi connectivity index (χ1n) is 8.81. The lowest BCUT2D eigenvalue weighted by Crippen LogP contribution is -2.19. The number of para-hydroxylation sites is 1. The van der Waals surface area contributed by atoms with Gasteiger partial charge in [0.05, 0.1) is 0 Å². The lowest BCUT2D eigenvalue weighted by Gasteiger charge is -2.06. The molecule has 3 aromatic rings. The van der Waals surface area contributed by atoms with Gasteiger partial charge < -0.3 is 10.3 Å². The lowest BCUT2D eigenvalue weighted by atomic mass is 10.1. The molecule has 2 aromatic carbocycles. The van der Waals surface area contributed by atoms with E-state index in [9.17, 15) is 4.79 Å². The molecule has 27 heavy (non-hydrogen) atoms. The lowest BCUT2D eigenvalue weighted by molar-refractivity contribution is -0.283. The summed E-state index contributed by atoms with van der Waals surface area (Å²) in [4.78, 5) is 18.2. The average Bonchev–Trinajstić information content (AvgIpc) is 3.00. The number of amides is 1. The second-order valence-electron chi connectivity index (χ2n) is 6.33. The van der Waals surface area contributed by atoms with Crippen LogP contribution in [-0.2, 0) is 22.7 Å². The highest BCUT2D eigenvalue weighted by Gasteiger charge is 2.07. The number of aromatic amines is 1. The Labute approximate surface area is 157 Å². The number of hydroxylamine groups is 1. The Kier molecular flexibility index (Phi) is 6.38. The van der Waals surface area contributed by atoms with Crippen molar-refractivity contribution in [1.29, 1.82) is 0 Å². The Balaban J connectivity index is 1.49. The number of fused-ring (bicyclic) bond motifs is 1. The summed E-state index contributed by atoms with van der Waals surface area (Å²) in [5, 5.41) is 12.9. The third-order valence-corrected chi connectivity index (χ3v) is 4.46. The Hall–Kier alpha value is -2.93. The van der Waals surface area contributed by atoms with Gasteiger partial charge in [0.2, 0.25) is 0 Å². The predicted octanol–water partition coefficient (Wildman–Crippen LogP) is 3.34. The Morgan fingerprint density at radius 2 is 1.96 bits per heavy atom. The number of nitrogens with one attached hydrogen (secondary N) is 3. The summed E-state index contributed by atoms with van der Waals surface area (Å²) in [5.74, 6) is -0.532. The Morgan fingerprint density at radius 1 is 1.19 bits per heavy atom. The van der Waals surface area contributed by atoms with E-state index in [0.717, 1.165) is 25.1 Å². The molecule has 0 unspecified atom stereocenters.